The van der Waals surface area contributed by atoms with Crippen LogP contribution in [0.1, 0.15) is 32.1 Å². The maximum Gasteiger partial charge on any atom is 0.224 e. The Balaban J connectivity index is 1.51. The van der Waals surface area contributed by atoms with Gasteiger partial charge in [-0.2, -0.15) is 0 Å². The number of rotatable bonds is 4. The summed E-state index contributed by atoms with van der Waals surface area (Å²) in [7, 11) is 2.12. The van der Waals surface area contributed by atoms with E-state index in [1.807, 2.05) is 12.1 Å². The lowest BCUT2D eigenvalue weighted by molar-refractivity contribution is -0.117. The number of benzene rings is 1. The summed E-state index contributed by atoms with van der Waals surface area (Å²) in [5.41, 5.74) is 2.19. The van der Waals surface area contributed by atoms with Crippen LogP contribution < -0.4 is 10.2 Å². The van der Waals surface area contributed by atoms with E-state index in [0.29, 0.717) is 12.3 Å². The van der Waals surface area contributed by atoms with Crippen LogP contribution in [0, 0.1) is 5.92 Å². The number of amides is 1. The maximum absolute atomic E-state index is 12.1. The molecule has 0 aromatic heterocycles. The third kappa shape index (κ3) is 4.01. The van der Waals surface area contributed by atoms with E-state index in [9.17, 15) is 4.79 Å². The van der Waals surface area contributed by atoms with Crippen molar-refractivity contribution >= 4 is 17.3 Å². The van der Waals surface area contributed by atoms with Gasteiger partial charge in [0.05, 0.1) is 0 Å². The van der Waals surface area contributed by atoms with E-state index in [0.717, 1.165) is 38.3 Å². The van der Waals surface area contributed by atoms with Gasteiger partial charge in [-0.1, -0.05) is 0 Å². The molecular weight excluding hydrogens is 274 g/mol. The fourth-order valence-corrected chi connectivity index (χ4v) is 3.57. The third-order valence-electron chi connectivity index (χ3n) is 4.84. The number of nitrogens with zero attached hydrogens (tertiary/aromatic N) is 2. The predicted molar refractivity (Wildman–Crippen MR) is 91.4 cm³/mol. The van der Waals surface area contributed by atoms with E-state index >= 15 is 0 Å². The number of hydrogen-bond donors (Lipinski definition) is 1. The highest BCUT2D eigenvalue weighted by Gasteiger charge is 2.22. The largest absolute Gasteiger partial charge is 0.372 e. The van der Waals surface area contributed by atoms with E-state index in [1.54, 1.807) is 0 Å². The first-order valence-electron chi connectivity index (χ1n) is 8.54. The van der Waals surface area contributed by atoms with Gasteiger partial charge in [0.15, 0.2) is 0 Å². The van der Waals surface area contributed by atoms with Crippen LogP contribution in [0.5, 0.6) is 0 Å². The molecule has 4 nitrogen and oxygen atoms in total. The van der Waals surface area contributed by atoms with Crippen LogP contribution in [0.25, 0.3) is 0 Å². The molecule has 4 heteroatoms. The summed E-state index contributed by atoms with van der Waals surface area (Å²) in [6, 6.07) is 8.32. The molecule has 2 aliphatic heterocycles. The van der Waals surface area contributed by atoms with Crippen LogP contribution in [0.4, 0.5) is 11.4 Å². The monoisotopic (exact) mass is 301 g/mol. The predicted octanol–water partition coefficient (Wildman–Crippen LogP) is 2.96. The molecule has 0 radical (unpaired) electrons. The van der Waals surface area contributed by atoms with E-state index in [4.69, 9.17) is 0 Å². The number of hydrogen-bond acceptors (Lipinski definition) is 3. The highest BCUT2D eigenvalue weighted by atomic mass is 16.1. The minimum absolute atomic E-state index is 0.144. The molecule has 0 spiro atoms. The van der Waals surface area contributed by atoms with E-state index < -0.39 is 0 Å². The molecule has 1 aromatic rings. The summed E-state index contributed by atoms with van der Waals surface area (Å²) in [5.74, 6) is 0.656. The zero-order chi connectivity index (χ0) is 15.4. The number of piperidine rings is 1. The van der Waals surface area contributed by atoms with Gasteiger partial charge in [0.25, 0.3) is 0 Å². The van der Waals surface area contributed by atoms with Crippen LogP contribution in [-0.2, 0) is 4.79 Å². The number of carbonyl (C=O) groups is 1. The minimum atomic E-state index is 0.144. The van der Waals surface area contributed by atoms with Crippen molar-refractivity contribution < 1.29 is 4.79 Å². The molecule has 2 saturated heterocycles. The van der Waals surface area contributed by atoms with Crippen molar-refractivity contribution in [2.24, 2.45) is 5.92 Å². The van der Waals surface area contributed by atoms with Gasteiger partial charge in [0.2, 0.25) is 5.91 Å². The molecule has 1 atom stereocenters. The molecule has 0 bridgehead atoms. The molecule has 1 N–H and O–H groups in total. The summed E-state index contributed by atoms with van der Waals surface area (Å²) in [5, 5.41) is 3.04. The topological polar surface area (TPSA) is 35.6 Å². The fraction of sp³-hybridized carbons (Fsp3) is 0.611. The van der Waals surface area contributed by atoms with E-state index in [2.05, 4.69) is 34.3 Å². The molecular formula is C18H27N3O. The second kappa shape index (κ2) is 7.14. The molecule has 2 heterocycles. The Bertz CT molecular complexity index is 494. The fourth-order valence-electron chi connectivity index (χ4n) is 3.57. The van der Waals surface area contributed by atoms with Crippen molar-refractivity contribution in [2.75, 3.05) is 43.4 Å². The summed E-state index contributed by atoms with van der Waals surface area (Å²) in [4.78, 5) is 16.9. The van der Waals surface area contributed by atoms with Crippen LogP contribution in [0.3, 0.4) is 0 Å². The van der Waals surface area contributed by atoms with Gasteiger partial charge in [-0.25, -0.2) is 0 Å². The number of carbonyl (C=O) groups excluding carboxylic acids is 1. The molecule has 1 aromatic carbocycles. The summed E-state index contributed by atoms with van der Waals surface area (Å²) >= 11 is 0. The van der Waals surface area contributed by atoms with Gasteiger partial charge in [0.1, 0.15) is 0 Å². The summed E-state index contributed by atoms with van der Waals surface area (Å²) in [6.45, 7) is 4.46. The van der Waals surface area contributed by atoms with Gasteiger partial charge >= 0.3 is 0 Å². The highest BCUT2D eigenvalue weighted by Crippen LogP contribution is 2.23. The summed E-state index contributed by atoms with van der Waals surface area (Å²) in [6.07, 6.45) is 5.69. The van der Waals surface area contributed by atoms with Crippen LogP contribution >= 0.6 is 0 Å². The number of nitrogens with one attached hydrogen (secondary N) is 1. The zero-order valence-corrected chi connectivity index (χ0v) is 13.6. The first kappa shape index (κ1) is 15.3. The maximum atomic E-state index is 12.1. The van der Waals surface area contributed by atoms with Gasteiger partial charge < -0.3 is 15.1 Å². The van der Waals surface area contributed by atoms with Gasteiger partial charge in [-0.15, -0.1) is 0 Å². The highest BCUT2D eigenvalue weighted by molar-refractivity contribution is 5.91. The van der Waals surface area contributed by atoms with Gasteiger partial charge in [-0.3, -0.25) is 4.79 Å². The average Bonchev–Trinajstić information content (AvgIpc) is 2.94. The lowest BCUT2D eigenvalue weighted by Gasteiger charge is -2.28. The molecule has 22 heavy (non-hydrogen) atoms. The lowest BCUT2D eigenvalue weighted by atomic mass is 10.0. The first-order chi connectivity index (χ1) is 10.7. The first-order valence-corrected chi connectivity index (χ1v) is 8.54. The molecule has 3 rings (SSSR count). The Labute approximate surface area is 133 Å². The van der Waals surface area contributed by atoms with Crippen molar-refractivity contribution in [2.45, 2.75) is 32.1 Å². The number of likely N-dealkylation sites (tertiary alicyclic amines) is 1. The Morgan fingerprint density at radius 3 is 2.50 bits per heavy atom. The van der Waals surface area contributed by atoms with Crippen LogP contribution in [-0.4, -0.2) is 44.0 Å². The summed E-state index contributed by atoms with van der Waals surface area (Å²) < 4.78 is 0. The molecule has 2 fully saturated rings. The quantitative estimate of drug-likeness (QED) is 0.929. The Hall–Kier alpha value is -1.55. The smallest absolute Gasteiger partial charge is 0.224 e. The molecule has 120 valence electrons. The second-order valence-electron chi connectivity index (χ2n) is 6.76. The van der Waals surface area contributed by atoms with Crippen molar-refractivity contribution in [1.29, 1.82) is 0 Å². The van der Waals surface area contributed by atoms with Crippen molar-refractivity contribution in [3.05, 3.63) is 24.3 Å². The Kier molecular flexibility index (Phi) is 4.98. The normalized spacial score (nSPS) is 22.8. The molecule has 1 amide bonds. The molecule has 0 saturated carbocycles. The van der Waals surface area contributed by atoms with Gasteiger partial charge in [0, 0.05) is 37.4 Å². The zero-order valence-electron chi connectivity index (χ0n) is 13.6. The minimum Gasteiger partial charge on any atom is -0.372 e. The van der Waals surface area contributed by atoms with Crippen molar-refractivity contribution in [3.8, 4) is 0 Å². The Morgan fingerprint density at radius 2 is 1.86 bits per heavy atom. The SMILES string of the molecule is CN1CCC(CC(=O)Nc2ccc(N3CCCCC3)cc2)C1. The van der Waals surface area contributed by atoms with E-state index in [1.165, 1.54) is 24.9 Å². The molecule has 0 aliphatic carbocycles. The Morgan fingerprint density at radius 1 is 1.14 bits per heavy atom. The average molecular weight is 301 g/mol. The van der Waals surface area contributed by atoms with Crippen LogP contribution in [0.15, 0.2) is 24.3 Å². The second-order valence-corrected chi connectivity index (χ2v) is 6.76. The van der Waals surface area contributed by atoms with Crippen molar-refractivity contribution in [3.63, 3.8) is 0 Å². The van der Waals surface area contributed by atoms with E-state index in [-0.39, 0.29) is 5.91 Å². The number of anilines is 2. The van der Waals surface area contributed by atoms with Gasteiger partial charge in [-0.05, 0) is 69.5 Å². The van der Waals surface area contributed by atoms with Crippen molar-refractivity contribution in [1.82, 2.24) is 4.90 Å². The molecule has 2 aliphatic rings. The third-order valence-corrected chi connectivity index (χ3v) is 4.84. The van der Waals surface area contributed by atoms with Crippen LogP contribution in [0.2, 0.25) is 0 Å². The standard InChI is InChI=1S/C18H27N3O/c1-20-12-9-15(14-20)13-18(22)19-16-5-7-17(8-6-16)21-10-3-2-4-11-21/h5-8,15H,2-4,9-14H2,1H3,(H,19,22). The molecule has 1 unspecified atom stereocenters. The lowest BCUT2D eigenvalue weighted by Crippen LogP contribution is -2.29.